The number of nitrogens with zero attached hydrogens (tertiary/aromatic N) is 3. The number of carboxylic acid groups (broad SMARTS) is 1. The maximum absolute atomic E-state index is 12.9. The van der Waals surface area contributed by atoms with Crippen LogP contribution >= 0.6 is 11.8 Å². The number of nitrogens with one attached hydrogen (secondary N) is 1. The standard InChI is InChI=1S/C17H15F3N4S.CH2O2/c1-10-6-14(21-8-12-9-24-4-5-25-16(24)23-12)13-3-2-11(17(18,19)20)7-15(13)22-10;2-1-3/h2-3,6-7,9H,4-5,8H2,1H3,(H,21,22);1H,(H,2,3). The fraction of sp³-hybridized carbons (Fsp3) is 0.278. The molecule has 2 N–H and O–H groups in total. The van der Waals surface area contributed by atoms with Crippen LogP contribution in [0.4, 0.5) is 18.9 Å². The number of aromatic nitrogens is 3. The molecule has 28 heavy (non-hydrogen) atoms. The van der Waals surface area contributed by atoms with E-state index in [1.807, 2.05) is 12.3 Å². The van der Waals surface area contributed by atoms with Crippen molar-refractivity contribution in [1.29, 1.82) is 0 Å². The molecule has 0 atom stereocenters. The molecule has 148 valence electrons. The first-order valence-corrected chi connectivity index (χ1v) is 9.29. The number of alkyl halides is 3. The topological polar surface area (TPSA) is 80.0 Å². The summed E-state index contributed by atoms with van der Waals surface area (Å²) in [4.78, 5) is 17.2. The Balaban J connectivity index is 0.000000706. The van der Waals surface area contributed by atoms with Crippen molar-refractivity contribution in [3.63, 3.8) is 0 Å². The van der Waals surface area contributed by atoms with E-state index >= 15 is 0 Å². The number of imidazole rings is 1. The van der Waals surface area contributed by atoms with Crippen molar-refractivity contribution in [2.75, 3.05) is 11.1 Å². The van der Waals surface area contributed by atoms with Crippen molar-refractivity contribution in [2.24, 2.45) is 0 Å². The van der Waals surface area contributed by atoms with Crippen molar-refractivity contribution in [1.82, 2.24) is 14.5 Å². The summed E-state index contributed by atoms with van der Waals surface area (Å²) in [5.74, 6) is 1.05. The minimum atomic E-state index is -4.37. The quantitative estimate of drug-likeness (QED) is 0.631. The highest BCUT2D eigenvalue weighted by Crippen LogP contribution is 2.33. The van der Waals surface area contributed by atoms with Crippen molar-refractivity contribution in [3.05, 3.63) is 47.4 Å². The third-order valence-electron chi connectivity index (χ3n) is 4.08. The van der Waals surface area contributed by atoms with E-state index in [0.29, 0.717) is 23.1 Å². The van der Waals surface area contributed by atoms with Crippen LogP contribution in [-0.2, 0) is 24.1 Å². The SMILES string of the molecule is Cc1cc(NCc2cn3c(n2)SCC3)c2ccc(C(F)(F)F)cc2n1.O=CO. The minimum absolute atomic E-state index is 0.250. The lowest BCUT2D eigenvalue weighted by molar-refractivity contribution is -0.137. The van der Waals surface area contributed by atoms with Gasteiger partial charge in [-0.2, -0.15) is 13.2 Å². The second-order valence-electron chi connectivity index (χ2n) is 6.06. The molecule has 0 aliphatic carbocycles. The van der Waals surface area contributed by atoms with E-state index < -0.39 is 11.7 Å². The fourth-order valence-electron chi connectivity index (χ4n) is 2.92. The number of fused-ring (bicyclic) bond motifs is 2. The van der Waals surface area contributed by atoms with Crippen LogP contribution < -0.4 is 5.32 Å². The van der Waals surface area contributed by atoms with Gasteiger partial charge in [-0.3, -0.25) is 9.78 Å². The molecule has 0 bridgehead atoms. The molecule has 1 aromatic carbocycles. The van der Waals surface area contributed by atoms with E-state index in [1.165, 1.54) is 6.07 Å². The maximum atomic E-state index is 12.9. The number of aryl methyl sites for hydroxylation is 2. The van der Waals surface area contributed by atoms with Gasteiger partial charge in [-0.1, -0.05) is 17.8 Å². The van der Waals surface area contributed by atoms with Gasteiger partial charge >= 0.3 is 6.18 Å². The molecule has 3 aromatic rings. The minimum Gasteiger partial charge on any atom is -0.483 e. The number of thioether (sulfide) groups is 1. The molecule has 4 rings (SSSR count). The molecule has 0 saturated carbocycles. The number of pyridine rings is 1. The summed E-state index contributed by atoms with van der Waals surface area (Å²) in [6, 6.07) is 5.49. The molecule has 0 radical (unpaired) electrons. The van der Waals surface area contributed by atoms with Crippen LogP contribution in [0.3, 0.4) is 0 Å². The summed E-state index contributed by atoms with van der Waals surface area (Å²) in [5.41, 5.74) is 1.98. The first kappa shape index (κ1) is 20.0. The van der Waals surface area contributed by atoms with Gasteiger partial charge < -0.3 is 15.0 Å². The molecular weight excluding hydrogens is 393 g/mol. The van der Waals surface area contributed by atoms with Crippen LogP contribution in [0.15, 0.2) is 35.6 Å². The van der Waals surface area contributed by atoms with E-state index in [9.17, 15) is 13.2 Å². The van der Waals surface area contributed by atoms with Gasteiger partial charge in [0.1, 0.15) is 0 Å². The Bertz CT molecular complexity index is 983. The van der Waals surface area contributed by atoms with Gasteiger partial charge in [-0.05, 0) is 25.1 Å². The molecule has 3 heterocycles. The fourth-order valence-corrected chi connectivity index (χ4v) is 3.88. The molecule has 0 saturated heterocycles. The summed E-state index contributed by atoms with van der Waals surface area (Å²) in [7, 11) is 0. The van der Waals surface area contributed by atoms with Crippen LogP contribution in [0.2, 0.25) is 0 Å². The summed E-state index contributed by atoms with van der Waals surface area (Å²) in [6.07, 6.45) is -2.36. The van der Waals surface area contributed by atoms with E-state index in [4.69, 9.17) is 9.90 Å². The number of anilines is 1. The van der Waals surface area contributed by atoms with Crippen molar-refractivity contribution < 1.29 is 23.1 Å². The molecule has 0 spiro atoms. The van der Waals surface area contributed by atoms with Gasteiger partial charge in [0, 0.05) is 35.3 Å². The van der Waals surface area contributed by atoms with Crippen molar-refractivity contribution in [2.45, 2.75) is 31.3 Å². The molecule has 6 nitrogen and oxygen atoms in total. The zero-order valence-electron chi connectivity index (χ0n) is 14.8. The lowest BCUT2D eigenvalue weighted by Gasteiger charge is -2.12. The van der Waals surface area contributed by atoms with Crippen molar-refractivity contribution >= 4 is 34.8 Å². The average Bonchev–Trinajstić information content (AvgIpc) is 3.20. The largest absolute Gasteiger partial charge is 0.483 e. The number of rotatable bonds is 3. The molecule has 1 aliphatic heterocycles. The Morgan fingerprint density at radius 3 is 2.75 bits per heavy atom. The third-order valence-corrected chi connectivity index (χ3v) is 5.05. The smallest absolute Gasteiger partial charge is 0.416 e. The van der Waals surface area contributed by atoms with Crippen LogP contribution in [0, 0.1) is 6.92 Å². The number of halogens is 3. The lowest BCUT2D eigenvalue weighted by Crippen LogP contribution is -2.06. The predicted octanol–water partition coefficient (Wildman–Crippen LogP) is 4.18. The number of hydrogen-bond donors (Lipinski definition) is 2. The zero-order chi connectivity index (χ0) is 20.3. The Hall–Kier alpha value is -2.75. The summed E-state index contributed by atoms with van der Waals surface area (Å²) < 4.78 is 40.8. The van der Waals surface area contributed by atoms with Crippen LogP contribution in [0.5, 0.6) is 0 Å². The monoisotopic (exact) mass is 410 g/mol. The van der Waals surface area contributed by atoms with Gasteiger partial charge in [0.05, 0.1) is 23.3 Å². The second kappa shape index (κ2) is 8.09. The Morgan fingerprint density at radius 2 is 2.07 bits per heavy atom. The van der Waals surface area contributed by atoms with Gasteiger partial charge in [-0.25, -0.2) is 4.98 Å². The average molecular weight is 410 g/mol. The highest BCUT2D eigenvalue weighted by atomic mass is 32.2. The number of hydrogen-bond acceptors (Lipinski definition) is 5. The predicted molar refractivity (Wildman–Crippen MR) is 100 cm³/mol. The Morgan fingerprint density at radius 1 is 1.32 bits per heavy atom. The van der Waals surface area contributed by atoms with Crippen LogP contribution in [-0.4, -0.2) is 31.9 Å². The Labute approximate surface area is 162 Å². The molecule has 0 fully saturated rings. The van der Waals surface area contributed by atoms with Gasteiger partial charge in [0.25, 0.3) is 6.47 Å². The van der Waals surface area contributed by atoms with E-state index in [1.54, 1.807) is 18.7 Å². The van der Waals surface area contributed by atoms with E-state index in [2.05, 4.69) is 19.9 Å². The molecule has 1 aliphatic rings. The maximum Gasteiger partial charge on any atom is 0.416 e. The molecule has 2 aromatic heterocycles. The van der Waals surface area contributed by atoms with Gasteiger partial charge in [-0.15, -0.1) is 0 Å². The first-order valence-electron chi connectivity index (χ1n) is 8.31. The van der Waals surface area contributed by atoms with E-state index in [0.717, 1.165) is 41.0 Å². The normalized spacial score (nSPS) is 13.0. The molecule has 10 heteroatoms. The molecular formula is C18H17F3N4O2S. The third kappa shape index (κ3) is 4.38. The Kier molecular flexibility index (Phi) is 5.78. The summed E-state index contributed by atoms with van der Waals surface area (Å²) in [5, 5.41) is 11.9. The zero-order valence-corrected chi connectivity index (χ0v) is 15.6. The summed E-state index contributed by atoms with van der Waals surface area (Å²) in [6.45, 7) is 3.00. The van der Waals surface area contributed by atoms with Gasteiger partial charge in [0.15, 0.2) is 5.16 Å². The molecule has 0 amide bonds. The number of benzene rings is 1. The van der Waals surface area contributed by atoms with Crippen molar-refractivity contribution in [3.8, 4) is 0 Å². The lowest BCUT2D eigenvalue weighted by atomic mass is 10.1. The van der Waals surface area contributed by atoms with Crippen LogP contribution in [0.1, 0.15) is 17.0 Å². The number of carbonyl (C=O) groups is 1. The van der Waals surface area contributed by atoms with Crippen LogP contribution in [0.25, 0.3) is 10.9 Å². The highest BCUT2D eigenvalue weighted by Gasteiger charge is 2.30. The first-order chi connectivity index (χ1) is 13.3. The summed E-state index contributed by atoms with van der Waals surface area (Å²) >= 11 is 1.73. The highest BCUT2D eigenvalue weighted by molar-refractivity contribution is 7.99. The second-order valence-corrected chi connectivity index (χ2v) is 7.12. The van der Waals surface area contributed by atoms with Gasteiger partial charge in [0.2, 0.25) is 0 Å². The molecule has 0 unspecified atom stereocenters. The van der Waals surface area contributed by atoms with E-state index in [-0.39, 0.29) is 6.47 Å².